The molecule has 2 aliphatic heterocycles. The second-order valence-corrected chi connectivity index (χ2v) is 8.21. The van der Waals surface area contributed by atoms with E-state index in [0.717, 1.165) is 25.8 Å². The highest BCUT2D eigenvalue weighted by Crippen LogP contribution is 2.21. The molecular formula is C19H34N4O3. The molecule has 0 radical (unpaired) electrons. The largest absolute Gasteiger partial charge is 0.349 e. The van der Waals surface area contributed by atoms with E-state index in [2.05, 4.69) is 19.2 Å². The SMILES string of the molecule is CC(C)C[C@@H]1NCCN(CC(=O)N2CCC(CC(=O)N(C)C)CC2)C1=O. The first kappa shape index (κ1) is 20.7. The molecule has 0 aromatic heterocycles. The average molecular weight is 367 g/mol. The van der Waals surface area contributed by atoms with Gasteiger partial charge in [-0.25, -0.2) is 0 Å². The summed E-state index contributed by atoms with van der Waals surface area (Å²) in [6, 6.07) is -0.167. The lowest BCUT2D eigenvalue weighted by Crippen LogP contribution is -2.57. The number of carbonyl (C=O) groups excluding carboxylic acids is 3. The van der Waals surface area contributed by atoms with Gasteiger partial charge in [-0.15, -0.1) is 0 Å². The molecule has 0 unspecified atom stereocenters. The Balaban J connectivity index is 1.79. The van der Waals surface area contributed by atoms with Crippen LogP contribution in [0.25, 0.3) is 0 Å². The molecule has 0 aliphatic carbocycles. The second kappa shape index (κ2) is 9.35. The van der Waals surface area contributed by atoms with Gasteiger partial charge in [-0.3, -0.25) is 14.4 Å². The number of piperazine rings is 1. The van der Waals surface area contributed by atoms with Crippen LogP contribution < -0.4 is 5.32 Å². The Morgan fingerprint density at radius 1 is 1.19 bits per heavy atom. The molecule has 2 aliphatic rings. The predicted molar refractivity (Wildman–Crippen MR) is 100 cm³/mol. The van der Waals surface area contributed by atoms with E-state index in [4.69, 9.17) is 0 Å². The molecule has 2 saturated heterocycles. The summed E-state index contributed by atoms with van der Waals surface area (Å²) in [6.07, 6.45) is 3.07. The maximum absolute atomic E-state index is 12.6. The van der Waals surface area contributed by atoms with Crippen LogP contribution in [0.15, 0.2) is 0 Å². The summed E-state index contributed by atoms with van der Waals surface area (Å²) in [5.41, 5.74) is 0. The fraction of sp³-hybridized carbons (Fsp3) is 0.842. The van der Waals surface area contributed by atoms with E-state index >= 15 is 0 Å². The van der Waals surface area contributed by atoms with Crippen molar-refractivity contribution in [2.24, 2.45) is 11.8 Å². The van der Waals surface area contributed by atoms with Gasteiger partial charge in [-0.2, -0.15) is 0 Å². The van der Waals surface area contributed by atoms with Crippen LogP contribution in [0.1, 0.15) is 39.5 Å². The number of piperidine rings is 1. The molecule has 0 spiro atoms. The Morgan fingerprint density at radius 2 is 1.85 bits per heavy atom. The van der Waals surface area contributed by atoms with Gasteiger partial charge in [0.25, 0.3) is 0 Å². The molecule has 2 rings (SSSR count). The zero-order valence-corrected chi connectivity index (χ0v) is 16.7. The van der Waals surface area contributed by atoms with Gasteiger partial charge < -0.3 is 20.0 Å². The lowest BCUT2D eigenvalue weighted by Gasteiger charge is -2.36. The number of nitrogens with zero attached hydrogens (tertiary/aromatic N) is 3. The van der Waals surface area contributed by atoms with E-state index in [9.17, 15) is 14.4 Å². The highest BCUT2D eigenvalue weighted by atomic mass is 16.2. The predicted octanol–water partition coefficient (Wildman–Crippen LogP) is 0.550. The topological polar surface area (TPSA) is 73.0 Å². The smallest absolute Gasteiger partial charge is 0.242 e. The first-order chi connectivity index (χ1) is 12.3. The first-order valence-electron chi connectivity index (χ1n) is 9.78. The molecule has 2 fully saturated rings. The van der Waals surface area contributed by atoms with Crippen molar-refractivity contribution in [2.45, 2.75) is 45.6 Å². The van der Waals surface area contributed by atoms with Gasteiger partial charge in [-0.05, 0) is 31.1 Å². The van der Waals surface area contributed by atoms with Crippen LogP contribution in [0.4, 0.5) is 0 Å². The minimum Gasteiger partial charge on any atom is -0.349 e. The van der Waals surface area contributed by atoms with Crippen molar-refractivity contribution in [1.29, 1.82) is 0 Å². The summed E-state index contributed by atoms with van der Waals surface area (Å²) in [5, 5.41) is 3.26. The van der Waals surface area contributed by atoms with Crippen LogP contribution in [-0.2, 0) is 14.4 Å². The standard InChI is InChI=1S/C19H34N4O3/c1-14(2)11-16-19(26)23(10-7-20-16)13-18(25)22-8-5-15(6-9-22)12-17(24)21(3)4/h14-16,20H,5-13H2,1-4H3/t16-/m0/s1. The quantitative estimate of drug-likeness (QED) is 0.745. The Hall–Kier alpha value is -1.63. The van der Waals surface area contributed by atoms with Crippen molar-refractivity contribution in [2.75, 3.05) is 46.8 Å². The molecule has 0 aromatic carbocycles. The van der Waals surface area contributed by atoms with Crippen molar-refractivity contribution < 1.29 is 14.4 Å². The van der Waals surface area contributed by atoms with Crippen molar-refractivity contribution in [3.05, 3.63) is 0 Å². The van der Waals surface area contributed by atoms with Gasteiger partial charge in [-0.1, -0.05) is 13.8 Å². The van der Waals surface area contributed by atoms with Crippen molar-refractivity contribution in [3.63, 3.8) is 0 Å². The lowest BCUT2D eigenvalue weighted by atomic mass is 9.93. The van der Waals surface area contributed by atoms with Crippen LogP contribution in [0, 0.1) is 11.8 Å². The van der Waals surface area contributed by atoms with Gasteiger partial charge in [0.2, 0.25) is 17.7 Å². The molecule has 148 valence electrons. The lowest BCUT2D eigenvalue weighted by molar-refractivity contribution is -0.144. The summed E-state index contributed by atoms with van der Waals surface area (Å²) >= 11 is 0. The molecule has 3 amide bonds. The summed E-state index contributed by atoms with van der Waals surface area (Å²) in [7, 11) is 3.55. The number of likely N-dealkylation sites (tertiary alicyclic amines) is 1. The molecule has 0 bridgehead atoms. The van der Waals surface area contributed by atoms with Gasteiger partial charge in [0.1, 0.15) is 0 Å². The number of hydrogen-bond donors (Lipinski definition) is 1. The van der Waals surface area contributed by atoms with Crippen LogP contribution in [0.2, 0.25) is 0 Å². The minimum atomic E-state index is -0.167. The summed E-state index contributed by atoms with van der Waals surface area (Å²) in [5.74, 6) is 1.02. The molecule has 0 aromatic rings. The van der Waals surface area contributed by atoms with Crippen molar-refractivity contribution in [1.82, 2.24) is 20.0 Å². The highest BCUT2D eigenvalue weighted by molar-refractivity contribution is 5.88. The zero-order valence-electron chi connectivity index (χ0n) is 16.7. The van der Waals surface area contributed by atoms with E-state index in [1.807, 2.05) is 4.90 Å². The monoisotopic (exact) mass is 366 g/mol. The molecule has 2 heterocycles. The fourth-order valence-electron chi connectivity index (χ4n) is 3.68. The van der Waals surface area contributed by atoms with E-state index in [1.165, 1.54) is 0 Å². The molecule has 1 atom stereocenters. The maximum atomic E-state index is 12.6. The Morgan fingerprint density at radius 3 is 2.42 bits per heavy atom. The van der Waals surface area contributed by atoms with E-state index in [0.29, 0.717) is 37.9 Å². The van der Waals surface area contributed by atoms with Crippen LogP contribution in [-0.4, -0.2) is 85.3 Å². The van der Waals surface area contributed by atoms with Crippen LogP contribution in [0.3, 0.4) is 0 Å². The van der Waals surface area contributed by atoms with Gasteiger partial charge >= 0.3 is 0 Å². The van der Waals surface area contributed by atoms with Gasteiger partial charge in [0.05, 0.1) is 12.6 Å². The van der Waals surface area contributed by atoms with E-state index in [1.54, 1.807) is 23.9 Å². The normalized spacial score (nSPS) is 22.0. The summed E-state index contributed by atoms with van der Waals surface area (Å²) in [6.45, 7) is 7.07. The number of carbonyl (C=O) groups is 3. The minimum absolute atomic E-state index is 0.0286. The third-order valence-electron chi connectivity index (χ3n) is 5.34. The molecule has 0 saturated carbocycles. The molecule has 7 heteroatoms. The zero-order chi connectivity index (χ0) is 19.3. The number of rotatable bonds is 6. The second-order valence-electron chi connectivity index (χ2n) is 8.21. The molecule has 7 nitrogen and oxygen atoms in total. The third-order valence-corrected chi connectivity index (χ3v) is 5.34. The van der Waals surface area contributed by atoms with Crippen LogP contribution >= 0.6 is 0 Å². The van der Waals surface area contributed by atoms with E-state index < -0.39 is 0 Å². The molecule has 26 heavy (non-hydrogen) atoms. The third kappa shape index (κ3) is 5.69. The summed E-state index contributed by atoms with van der Waals surface area (Å²) < 4.78 is 0. The van der Waals surface area contributed by atoms with Gasteiger partial charge in [0, 0.05) is 46.7 Å². The van der Waals surface area contributed by atoms with E-state index in [-0.39, 0.29) is 30.3 Å². The Kier molecular flexibility index (Phi) is 7.43. The first-order valence-corrected chi connectivity index (χ1v) is 9.78. The van der Waals surface area contributed by atoms with Crippen LogP contribution in [0.5, 0.6) is 0 Å². The van der Waals surface area contributed by atoms with Crippen molar-refractivity contribution in [3.8, 4) is 0 Å². The summed E-state index contributed by atoms with van der Waals surface area (Å²) in [4.78, 5) is 42.2. The highest BCUT2D eigenvalue weighted by Gasteiger charge is 2.32. The van der Waals surface area contributed by atoms with Crippen molar-refractivity contribution >= 4 is 17.7 Å². The average Bonchev–Trinajstić information content (AvgIpc) is 2.58. The fourth-order valence-corrected chi connectivity index (χ4v) is 3.68. The Labute approximate surface area is 157 Å². The van der Waals surface area contributed by atoms with Gasteiger partial charge in [0.15, 0.2) is 0 Å². The maximum Gasteiger partial charge on any atom is 0.242 e. The number of nitrogens with one attached hydrogen (secondary N) is 1. The molecular weight excluding hydrogens is 332 g/mol. The molecule has 1 N–H and O–H groups in total. The Bertz CT molecular complexity index is 513. The number of hydrogen-bond acceptors (Lipinski definition) is 4. The number of amides is 3.